The van der Waals surface area contributed by atoms with Crippen molar-refractivity contribution in [2.45, 2.75) is 25.6 Å². The summed E-state index contributed by atoms with van der Waals surface area (Å²) in [6.45, 7) is 1.79. The maximum Gasteiger partial charge on any atom is 0.416 e. The molecule has 1 amide bonds. The molecule has 6 heteroatoms. The Bertz CT molecular complexity index is 639. The number of nitrogens with one attached hydrogen (secondary N) is 1. The highest BCUT2D eigenvalue weighted by atomic mass is 19.4. The second kappa shape index (κ2) is 7.17. The minimum Gasteiger partial charge on any atom is -0.481 e. The molecule has 0 aliphatic rings. The van der Waals surface area contributed by atoms with Crippen molar-refractivity contribution in [3.8, 4) is 5.75 Å². The molecule has 0 aliphatic heterocycles. The quantitative estimate of drug-likeness (QED) is 0.880. The number of rotatable bonds is 5. The van der Waals surface area contributed by atoms with Gasteiger partial charge in [0.1, 0.15) is 5.75 Å². The molecule has 0 fully saturated rings. The zero-order valence-corrected chi connectivity index (χ0v) is 12.4. The molecule has 1 atom stereocenters. The molecule has 0 bridgehead atoms. The van der Waals surface area contributed by atoms with Gasteiger partial charge in [0.15, 0.2) is 6.10 Å². The lowest BCUT2D eigenvalue weighted by atomic mass is 10.2. The number of hydrogen-bond acceptors (Lipinski definition) is 2. The van der Waals surface area contributed by atoms with Crippen molar-refractivity contribution in [2.24, 2.45) is 0 Å². The van der Waals surface area contributed by atoms with E-state index in [0.29, 0.717) is 12.2 Å². The molecule has 0 aromatic heterocycles. The number of benzene rings is 2. The smallest absolute Gasteiger partial charge is 0.416 e. The number of anilines is 1. The summed E-state index contributed by atoms with van der Waals surface area (Å²) in [4.78, 5) is 12.2. The number of carbonyl (C=O) groups excluding carboxylic acids is 1. The summed E-state index contributed by atoms with van der Waals surface area (Å²) < 4.78 is 43.1. The predicted octanol–water partition coefficient (Wildman–Crippen LogP) is 4.50. The van der Waals surface area contributed by atoms with Gasteiger partial charge in [-0.05, 0) is 42.8 Å². The van der Waals surface area contributed by atoms with Gasteiger partial charge in [0, 0.05) is 5.69 Å². The van der Waals surface area contributed by atoms with Crippen LogP contribution >= 0.6 is 0 Å². The third-order valence-electron chi connectivity index (χ3n) is 3.16. The van der Waals surface area contributed by atoms with Crippen molar-refractivity contribution in [3.05, 3.63) is 60.2 Å². The minimum absolute atomic E-state index is 0.290. The normalized spacial score (nSPS) is 12.5. The van der Waals surface area contributed by atoms with E-state index in [9.17, 15) is 18.0 Å². The van der Waals surface area contributed by atoms with Crippen molar-refractivity contribution in [1.29, 1.82) is 0 Å². The van der Waals surface area contributed by atoms with Crippen LogP contribution in [0.15, 0.2) is 54.6 Å². The zero-order valence-electron chi connectivity index (χ0n) is 12.4. The van der Waals surface area contributed by atoms with Gasteiger partial charge in [-0.15, -0.1) is 0 Å². The maximum absolute atomic E-state index is 12.5. The molecule has 2 rings (SSSR count). The monoisotopic (exact) mass is 323 g/mol. The second-order valence-corrected chi connectivity index (χ2v) is 4.89. The van der Waals surface area contributed by atoms with Crippen LogP contribution in [0.3, 0.4) is 0 Å². The number of para-hydroxylation sites is 1. The molecule has 0 radical (unpaired) electrons. The summed E-state index contributed by atoms with van der Waals surface area (Å²) in [5.41, 5.74) is -0.471. The van der Waals surface area contributed by atoms with Gasteiger partial charge in [-0.1, -0.05) is 25.1 Å². The standard InChI is InChI=1S/C17H16F3NO2/c1-2-15(23-14-6-4-3-5-7-14)16(22)21-13-10-8-12(9-11-13)17(18,19)20/h3-11,15H,2H2,1H3,(H,21,22)/t15-/m0/s1. The van der Waals surface area contributed by atoms with Crippen molar-refractivity contribution in [1.82, 2.24) is 0 Å². The van der Waals surface area contributed by atoms with Gasteiger partial charge < -0.3 is 10.1 Å². The number of amides is 1. The van der Waals surface area contributed by atoms with Gasteiger partial charge in [-0.25, -0.2) is 0 Å². The van der Waals surface area contributed by atoms with Gasteiger partial charge >= 0.3 is 6.18 Å². The average Bonchev–Trinajstić information content (AvgIpc) is 2.53. The Kier molecular flexibility index (Phi) is 5.26. The highest BCUT2D eigenvalue weighted by molar-refractivity contribution is 5.94. The van der Waals surface area contributed by atoms with Crippen molar-refractivity contribution in [2.75, 3.05) is 5.32 Å². The lowest BCUT2D eigenvalue weighted by molar-refractivity contribution is -0.137. The van der Waals surface area contributed by atoms with Gasteiger partial charge in [-0.3, -0.25) is 4.79 Å². The predicted molar refractivity (Wildman–Crippen MR) is 81.2 cm³/mol. The van der Waals surface area contributed by atoms with Crippen LogP contribution in [0.25, 0.3) is 0 Å². The number of carbonyl (C=O) groups is 1. The summed E-state index contributed by atoms with van der Waals surface area (Å²) >= 11 is 0. The number of alkyl halides is 3. The first-order valence-electron chi connectivity index (χ1n) is 7.10. The lowest BCUT2D eigenvalue weighted by Crippen LogP contribution is -2.32. The molecule has 0 heterocycles. The van der Waals surface area contributed by atoms with Crippen LogP contribution in [0.5, 0.6) is 5.75 Å². The number of halogens is 3. The van der Waals surface area contributed by atoms with E-state index < -0.39 is 23.8 Å². The number of ether oxygens (including phenoxy) is 1. The third kappa shape index (κ3) is 4.74. The van der Waals surface area contributed by atoms with E-state index >= 15 is 0 Å². The van der Waals surface area contributed by atoms with E-state index in [2.05, 4.69) is 5.32 Å². The van der Waals surface area contributed by atoms with E-state index in [0.717, 1.165) is 12.1 Å². The van der Waals surface area contributed by atoms with Gasteiger partial charge in [0.2, 0.25) is 0 Å². The largest absolute Gasteiger partial charge is 0.481 e. The van der Waals surface area contributed by atoms with Crippen molar-refractivity contribution in [3.63, 3.8) is 0 Å². The maximum atomic E-state index is 12.5. The van der Waals surface area contributed by atoms with Crippen LogP contribution in [0.4, 0.5) is 18.9 Å². The van der Waals surface area contributed by atoms with E-state index in [1.54, 1.807) is 31.2 Å². The van der Waals surface area contributed by atoms with Gasteiger partial charge in [0.25, 0.3) is 5.91 Å². The highest BCUT2D eigenvalue weighted by Gasteiger charge is 2.30. The molecule has 0 unspecified atom stereocenters. The summed E-state index contributed by atoms with van der Waals surface area (Å²) in [7, 11) is 0. The minimum atomic E-state index is -4.40. The first-order chi connectivity index (χ1) is 10.9. The molecule has 0 aliphatic carbocycles. The molecule has 23 heavy (non-hydrogen) atoms. The first kappa shape index (κ1) is 16.9. The average molecular weight is 323 g/mol. The van der Waals surface area contributed by atoms with Crippen LogP contribution in [0, 0.1) is 0 Å². The molecule has 0 saturated heterocycles. The van der Waals surface area contributed by atoms with E-state index in [1.807, 2.05) is 6.07 Å². The van der Waals surface area contributed by atoms with Gasteiger partial charge in [0.05, 0.1) is 5.56 Å². The summed E-state index contributed by atoms with van der Waals surface area (Å²) in [6, 6.07) is 13.2. The molecule has 0 spiro atoms. The van der Waals surface area contributed by atoms with E-state index in [1.165, 1.54) is 12.1 Å². The van der Waals surface area contributed by atoms with Crippen LogP contribution in [0.1, 0.15) is 18.9 Å². The topological polar surface area (TPSA) is 38.3 Å². The molecule has 2 aromatic carbocycles. The van der Waals surface area contributed by atoms with Crippen molar-refractivity contribution < 1.29 is 22.7 Å². The Morgan fingerprint density at radius 3 is 2.22 bits per heavy atom. The Balaban J connectivity index is 2.02. The van der Waals surface area contributed by atoms with Crippen LogP contribution in [-0.2, 0) is 11.0 Å². The van der Waals surface area contributed by atoms with Crippen LogP contribution < -0.4 is 10.1 Å². The van der Waals surface area contributed by atoms with E-state index in [-0.39, 0.29) is 5.69 Å². The summed E-state index contributed by atoms with van der Waals surface area (Å²) in [5.74, 6) is 0.151. The Morgan fingerprint density at radius 1 is 1.09 bits per heavy atom. The fourth-order valence-corrected chi connectivity index (χ4v) is 1.95. The summed E-state index contributed by atoms with van der Waals surface area (Å²) in [6.07, 6.45) is -4.69. The molecule has 3 nitrogen and oxygen atoms in total. The highest BCUT2D eigenvalue weighted by Crippen LogP contribution is 2.29. The second-order valence-electron chi connectivity index (χ2n) is 4.89. The molecule has 1 N–H and O–H groups in total. The lowest BCUT2D eigenvalue weighted by Gasteiger charge is -2.17. The molecular weight excluding hydrogens is 307 g/mol. The zero-order chi connectivity index (χ0) is 16.9. The van der Waals surface area contributed by atoms with Gasteiger partial charge in [-0.2, -0.15) is 13.2 Å². The van der Waals surface area contributed by atoms with E-state index in [4.69, 9.17) is 4.74 Å². The van der Waals surface area contributed by atoms with Crippen LogP contribution in [-0.4, -0.2) is 12.0 Å². The molecular formula is C17H16F3NO2. The van der Waals surface area contributed by atoms with Crippen molar-refractivity contribution >= 4 is 11.6 Å². The SMILES string of the molecule is CC[C@H](Oc1ccccc1)C(=O)Nc1ccc(C(F)(F)F)cc1. The fourth-order valence-electron chi connectivity index (χ4n) is 1.95. The molecule has 2 aromatic rings. The third-order valence-corrected chi connectivity index (χ3v) is 3.16. The Labute approximate surface area is 132 Å². The van der Waals surface area contributed by atoms with Crippen LogP contribution in [0.2, 0.25) is 0 Å². The summed E-state index contributed by atoms with van der Waals surface area (Å²) in [5, 5.41) is 2.56. The number of hydrogen-bond donors (Lipinski definition) is 1. The Morgan fingerprint density at radius 2 is 1.70 bits per heavy atom. The molecule has 122 valence electrons. The fraction of sp³-hybridized carbons (Fsp3) is 0.235. The first-order valence-corrected chi connectivity index (χ1v) is 7.10. The Hall–Kier alpha value is -2.50. The molecule has 0 saturated carbocycles.